The van der Waals surface area contributed by atoms with Gasteiger partial charge in [-0.05, 0) is 60.7 Å². The average Bonchev–Trinajstić information content (AvgIpc) is 2.77. The molecule has 0 aliphatic carbocycles. The molecule has 0 radical (unpaired) electrons. The fraction of sp³-hybridized carbons (Fsp3) is 0.481. The van der Waals surface area contributed by atoms with Crippen molar-refractivity contribution < 1.29 is 29.3 Å². The van der Waals surface area contributed by atoms with Crippen LogP contribution < -0.4 is 9.47 Å². The molecule has 2 aromatic carbocycles. The third-order valence-electron chi connectivity index (χ3n) is 5.01. The topological polar surface area (TPSA) is 93.1 Å². The molecule has 0 aliphatic heterocycles. The van der Waals surface area contributed by atoms with Crippen LogP contribution in [0, 0.1) is 6.92 Å². The van der Waals surface area contributed by atoms with Crippen molar-refractivity contribution in [2.45, 2.75) is 72.1 Å². The molecule has 2 N–H and O–H groups in total. The predicted octanol–water partition coefficient (Wildman–Crippen LogP) is 6.71. The van der Waals surface area contributed by atoms with Crippen molar-refractivity contribution >= 4 is 11.9 Å². The first-order valence-corrected chi connectivity index (χ1v) is 11.7. The fourth-order valence-electron chi connectivity index (χ4n) is 3.15. The maximum Gasteiger partial charge on any atom is 0.341 e. The number of aromatic carboxylic acids is 1. The van der Waals surface area contributed by atoms with Crippen LogP contribution in [0.1, 0.15) is 86.7 Å². The smallest absolute Gasteiger partial charge is 0.341 e. The zero-order chi connectivity index (χ0) is 24.6. The highest BCUT2D eigenvalue weighted by Gasteiger charge is 2.09. The van der Waals surface area contributed by atoms with Crippen molar-refractivity contribution in [3.63, 3.8) is 0 Å². The Kier molecular flexibility index (Phi) is 13.4. The Morgan fingerprint density at radius 2 is 1.52 bits per heavy atom. The molecule has 0 atom stereocenters. The lowest BCUT2D eigenvalue weighted by Gasteiger charge is -2.13. The van der Waals surface area contributed by atoms with E-state index in [1.807, 2.05) is 25.1 Å². The number of benzene rings is 2. The van der Waals surface area contributed by atoms with E-state index in [-0.39, 0.29) is 6.61 Å². The van der Waals surface area contributed by atoms with Crippen LogP contribution in [-0.2, 0) is 4.79 Å². The third kappa shape index (κ3) is 12.0. The second-order valence-corrected chi connectivity index (χ2v) is 8.32. The molecule has 33 heavy (non-hydrogen) atoms. The maximum atomic E-state index is 10.7. The Bertz CT molecular complexity index is 842. The minimum absolute atomic E-state index is 0.289. The first kappa shape index (κ1) is 28.0. The molecule has 0 saturated carbocycles. The minimum Gasteiger partial charge on any atom is -0.494 e. The molecule has 0 unspecified atom stereocenters. The van der Waals surface area contributed by atoms with Gasteiger partial charge in [-0.15, -0.1) is 0 Å². The normalized spacial score (nSPS) is 10.3. The molecule has 2 rings (SSSR count). The van der Waals surface area contributed by atoms with Gasteiger partial charge in [-0.2, -0.15) is 0 Å². The molecule has 0 aliphatic rings. The third-order valence-corrected chi connectivity index (χ3v) is 5.01. The van der Waals surface area contributed by atoms with Crippen LogP contribution in [0.15, 0.2) is 42.5 Å². The van der Waals surface area contributed by atoms with E-state index in [1.54, 1.807) is 24.3 Å². The molecule has 182 valence electrons. The van der Waals surface area contributed by atoms with Crippen LogP contribution in [0.2, 0.25) is 0 Å². The summed E-state index contributed by atoms with van der Waals surface area (Å²) in [6.45, 7) is 8.69. The Morgan fingerprint density at radius 3 is 2.09 bits per heavy atom. The summed E-state index contributed by atoms with van der Waals surface area (Å²) in [7, 11) is 0. The van der Waals surface area contributed by atoms with Gasteiger partial charge >= 0.3 is 11.9 Å². The Hall–Kier alpha value is -3.02. The number of hydrogen-bond donors (Lipinski definition) is 2. The van der Waals surface area contributed by atoms with Gasteiger partial charge in [-0.25, -0.2) is 9.59 Å². The first-order chi connectivity index (χ1) is 15.7. The number of unbranched alkanes of at least 4 members (excludes halogenated alkanes) is 5. The summed E-state index contributed by atoms with van der Waals surface area (Å²) in [4.78, 5) is 21.1. The summed E-state index contributed by atoms with van der Waals surface area (Å²) in [5.41, 5.74) is 2.41. The molecule has 2 aromatic rings. The standard InChI is InChI=1S/C15H22O3.C12H16O3/c1-2-3-4-5-6-7-12-18-14-10-8-13(9-11-14)15(16)17;1-8(2)10-5-4-9(3)6-11(10)15-7-12(13)14/h8-11H,2-7,12H2,1H3,(H,16,17);4-6,8H,7H2,1-3H3,(H,13,14). The van der Waals surface area contributed by atoms with Crippen molar-refractivity contribution in [2.24, 2.45) is 0 Å². The van der Waals surface area contributed by atoms with E-state index in [2.05, 4.69) is 20.8 Å². The number of carboxylic acids is 2. The lowest BCUT2D eigenvalue weighted by atomic mass is 10.0. The zero-order valence-corrected chi connectivity index (χ0v) is 20.3. The fourth-order valence-corrected chi connectivity index (χ4v) is 3.15. The van der Waals surface area contributed by atoms with Crippen LogP contribution in [-0.4, -0.2) is 35.4 Å². The molecule has 0 heterocycles. The van der Waals surface area contributed by atoms with E-state index in [9.17, 15) is 9.59 Å². The number of carbonyl (C=O) groups is 2. The highest BCUT2D eigenvalue weighted by molar-refractivity contribution is 5.87. The summed E-state index contributed by atoms with van der Waals surface area (Å²) >= 11 is 0. The maximum absolute atomic E-state index is 10.7. The van der Waals surface area contributed by atoms with Gasteiger partial charge in [0.2, 0.25) is 0 Å². The lowest BCUT2D eigenvalue weighted by Crippen LogP contribution is -2.11. The predicted molar refractivity (Wildman–Crippen MR) is 131 cm³/mol. The van der Waals surface area contributed by atoms with E-state index >= 15 is 0 Å². The lowest BCUT2D eigenvalue weighted by molar-refractivity contribution is -0.139. The number of rotatable bonds is 13. The number of aliphatic carboxylic acids is 1. The van der Waals surface area contributed by atoms with Gasteiger partial charge in [0.15, 0.2) is 6.61 Å². The molecule has 0 amide bonds. The van der Waals surface area contributed by atoms with Crippen molar-refractivity contribution in [2.75, 3.05) is 13.2 Å². The quantitative estimate of drug-likeness (QED) is 0.324. The summed E-state index contributed by atoms with van der Waals surface area (Å²) in [6.07, 6.45) is 7.43. The largest absolute Gasteiger partial charge is 0.494 e. The van der Waals surface area contributed by atoms with Gasteiger partial charge in [-0.1, -0.05) is 65.0 Å². The van der Waals surface area contributed by atoms with Crippen molar-refractivity contribution in [3.8, 4) is 11.5 Å². The van der Waals surface area contributed by atoms with Gasteiger partial charge in [0.1, 0.15) is 11.5 Å². The number of ether oxygens (including phenoxy) is 2. The van der Waals surface area contributed by atoms with Crippen LogP contribution >= 0.6 is 0 Å². The van der Waals surface area contributed by atoms with Crippen molar-refractivity contribution in [1.82, 2.24) is 0 Å². The van der Waals surface area contributed by atoms with Crippen LogP contribution in [0.3, 0.4) is 0 Å². The summed E-state index contributed by atoms with van der Waals surface area (Å²) < 4.78 is 10.8. The van der Waals surface area contributed by atoms with E-state index in [0.717, 1.165) is 23.3 Å². The van der Waals surface area contributed by atoms with Crippen molar-refractivity contribution in [3.05, 3.63) is 59.2 Å². The Morgan fingerprint density at radius 1 is 0.879 bits per heavy atom. The highest BCUT2D eigenvalue weighted by Crippen LogP contribution is 2.27. The van der Waals surface area contributed by atoms with Gasteiger partial charge in [-0.3, -0.25) is 0 Å². The number of aryl methyl sites for hydroxylation is 1. The molecule has 0 bridgehead atoms. The van der Waals surface area contributed by atoms with Crippen LogP contribution in [0.25, 0.3) is 0 Å². The summed E-state index contributed by atoms with van der Waals surface area (Å²) in [6, 6.07) is 12.4. The van der Waals surface area contributed by atoms with Gasteiger partial charge in [0.05, 0.1) is 12.2 Å². The highest BCUT2D eigenvalue weighted by atomic mass is 16.5. The Labute approximate surface area is 197 Å². The van der Waals surface area contributed by atoms with Crippen LogP contribution in [0.4, 0.5) is 0 Å². The van der Waals surface area contributed by atoms with E-state index in [1.165, 1.54) is 32.1 Å². The molecular weight excluding hydrogens is 420 g/mol. The van der Waals surface area contributed by atoms with Gasteiger partial charge in [0, 0.05) is 0 Å². The van der Waals surface area contributed by atoms with Crippen molar-refractivity contribution in [1.29, 1.82) is 0 Å². The first-order valence-electron chi connectivity index (χ1n) is 11.7. The molecular formula is C27H38O6. The minimum atomic E-state index is -0.953. The van der Waals surface area contributed by atoms with Gasteiger partial charge in [0.25, 0.3) is 0 Å². The average molecular weight is 459 g/mol. The van der Waals surface area contributed by atoms with E-state index in [4.69, 9.17) is 19.7 Å². The SMILES string of the molecule is CCCCCCCCOc1ccc(C(=O)O)cc1.Cc1ccc(C(C)C)c(OCC(=O)O)c1. The second-order valence-electron chi connectivity index (χ2n) is 8.32. The molecule has 6 nitrogen and oxygen atoms in total. The Balaban J connectivity index is 0.000000335. The second kappa shape index (κ2) is 15.7. The molecule has 0 aromatic heterocycles. The number of hydrogen-bond acceptors (Lipinski definition) is 4. The summed E-state index contributed by atoms with van der Waals surface area (Å²) in [5, 5.41) is 17.3. The number of carboxylic acid groups (broad SMARTS) is 2. The molecule has 0 spiro atoms. The molecule has 6 heteroatoms. The van der Waals surface area contributed by atoms with Gasteiger partial charge < -0.3 is 19.7 Å². The monoisotopic (exact) mass is 458 g/mol. The zero-order valence-electron chi connectivity index (χ0n) is 20.3. The van der Waals surface area contributed by atoms with Crippen LogP contribution in [0.5, 0.6) is 11.5 Å². The summed E-state index contributed by atoms with van der Waals surface area (Å²) in [5.74, 6) is -0.112. The van der Waals surface area contributed by atoms with E-state index in [0.29, 0.717) is 23.8 Å². The van der Waals surface area contributed by atoms with E-state index < -0.39 is 11.9 Å². The molecule has 0 fully saturated rings. The molecule has 0 saturated heterocycles.